The zero-order chi connectivity index (χ0) is 14.4. The first-order valence-corrected chi connectivity index (χ1v) is 8.32. The molecule has 0 unspecified atom stereocenters. The average Bonchev–Trinajstić information content (AvgIpc) is 2.99. The number of hydrogen-bond donors (Lipinski definition) is 0. The number of nitrogens with zero attached hydrogens (tertiary/aromatic N) is 2. The van der Waals surface area contributed by atoms with Crippen LogP contribution in [0.1, 0.15) is 18.4 Å². The minimum Gasteiger partial charge on any atom is -0.383 e. The molecule has 112 valence electrons. The first-order valence-electron chi connectivity index (χ1n) is 6.92. The summed E-state index contributed by atoms with van der Waals surface area (Å²) in [5.74, 6) is 0. The van der Waals surface area contributed by atoms with E-state index in [4.69, 9.17) is 4.74 Å². The van der Waals surface area contributed by atoms with E-state index in [0.29, 0.717) is 32.8 Å². The van der Waals surface area contributed by atoms with Gasteiger partial charge in [0.15, 0.2) is 0 Å². The molecule has 20 heavy (non-hydrogen) atoms. The molecule has 1 heterocycles. The molecular weight excluding hydrogens is 276 g/mol. The average molecular weight is 298 g/mol. The first-order chi connectivity index (χ1) is 9.64. The number of ether oxygens (including phenoxy) is 1. The van der Waals surface area contributed by atoms with Gasteiger partial charge in [-0.2, -0.15) is 17.0 Å². The molecule has 0 aromatic heterocycles. The Kier molecular flexibility index (Phi) is 5.54. The van der Waals surface area contributed by atoms with Gasteiger partial charge in [0.2, 0.25) is 0 Å². The topological polar surface area (TPSA) is 49.9 Å². The maximum Gasteiger partial charge on any atom is 0.282 e. The van der Waals surface area contributed by atoms with Crippen molar-refractivity contribution in [1.29, 1.82) is 0 Å². The molecule has 1 aliphatic heterocycles. The summed E-state index contributed by atoms with van der Waals surface area (Å²) in [7, 11) is -1.80. The number of hydrogen-bond acceptors (Lipinski definition) is 3. The molecule has 0 N–H and O–H groups in total. The summed E-state index contributed by atoms with van der Waals surface area (Å²) >= 11 is 0. The highest BCUT2D eigenvalue weighted by atomic mass is 32.2. The predicted octanol–water partition coefficient (Wildman–Crippen LogP) is 1.48. The second-order valence-electron chi connectivity index (χ2n) is 4.93. The van der Waals surface area contributed by atoms with E-state index in [2.05, 4.69) is 0 Å². The predicted molar refractivity (Wildman–Crippen MR) is 78.5 cm³/mol. The van der Waals surface area contributed by atoms with Crippen LogP contribution in [-0.4, -0.2) is 50.4 Å². The Balaban J connectivity index is 2.13. The molecule has 0 saturated carbocycles. The molecule has 0 bridgehead atoms. The van der Waals surface area contributed by atoms with Crippen molar-refractivity contribution in [3.8, 4) is 0 Å². The zero-order valence-corrected chi connectivity index (χ0v) is 12.7. The Bertz CT molecular complexity index is 498. The largest absolute Gasteiger partial charge is 0.383 e. The summed E-state index contributed by atoms with van der Waals surface area (Å²) in [6.45, 7) is 2.42. The van der Waals surface area contributed by atoms with Crippen LogP contribution in [0.3, 0.4) is 0 Å². The van der Waals surface area contributed by atoms with Crippen LogP contribution in [0.2, 0.25) is 0 Å². The molecule has 0 radical (unpaired) electrons. The molecule has 1 aromatic rings. The smallest absolute Gasteiger partial charge is 0.282 e. The van der Waals surface area contributed by atoms with Crippen molar-refractivity contribution in [2.75, 3.05) is 33.4 Å². The maximum atomic E-state index is 12.6. The summed E-state index contributed by atoms with van der Waals surface area (Å²) in [5.41, 5.74) is 0.992. The van der Waals surface area contributed by atoms with Crippen LogP contribution in [0, 0.1) is 0 Å². The third kappa shape index (κ3) is 3.79. The van der Waals surface area contributed by atoms with Crippen molar-refractivity contribution >= 4 is 10.2 Å². The third-order valence-corrected chi connectivity index (χ3v) is 5.45. The van der Waals surface area contributed by atoms with E-state index in [9.17, 15) is 8.42 Å². The van der Waals surface area contributed by atoms with Gasteiger partial charge >= 0.3 is 0 Å². The van der Waals surface area contributed by atoms with Crippen molar-refractivity contribution < 1.29 is 13.2 Å². The highest BCUT2D eigenvalue weighted by Crippen LogP contribution is 2.18. The minimum atomic E-state index is -3.38. The lowest BCUT2D eigenvalue weighted by Gasteiger charge is -2.27. The Hall–Kier alpha value is -0.950. The minimum absolute atomic E-state index is 0.379. The third-order valence-electron chi connectivity index (χ3n) is 3.46. The summed E-state index contributed by atoms with van der Waals surface area (Å²) in [4.78, 5) is 0. The van der Waals surface area contributed by atoms with Gasteiger partial charge in [-0.25, -0.2) is 0 Å². The van der Waals surface area contributed by atoms with E-state index in [1.54, 1.807) is 11.4 Å². The quantitative estimate of drug-likeness (QED) is 0.766. The fourth-order valence-electron chi connectivity index (χ4n) is 2.34. The van der Waals surface area contributed by atoms with Crippen molar-refractivity contribution in [3.63, 3.8) is 0 Å². The van der Waals surface area contributed by atoms with Crippen molar-refractivity contribution in [3.05, 3.63) is 35.9 Å². The molecular formula is C14H22N2O3S. The molecule has 0 amide bonds. The Morgan fingerprint density at radius 3 is 2.45 bits per heavy atom. The van der Waals surface area contributed by atoms with Crippen LogP contribution < -0.4 is 0 Å². The van der Waals surface area contributed by atoms with Crippen LogP contribution in [0.25, 0.3) is 0 Å². The normalized spacial score (nSPS) is 16.9. The summed E-state index contributed by atoms with van der Waals surface area (Å²) in [6, 6.07) is 9.66. The number of methoxy groups -OCH3 is 1. The SMILES string of the molecule is COCCN(Cc1ccccc1)S(=O)(=O)N1CCCC1. The van der Waals surface area contributed by atoms with E-state index < -0.39 is 10.2 Å². The van der Waals surface area contributed by atoms with E-state index >= 15 is 0 Å². The van der Waals surface area contributed by atoms with Gasteiger partial charge < -0.3 is 4.74 Å². The van der Waals surface area contributed by atoms with Gasteiger partial charge in [-0.05, 0) is 18.4 Å². The lowest BCUT2D eigenvalue weighted by molar-refractivity contribution is 0.174. The first kappa shape index (κ1) is 15.4. The summed E-state index contributed by atoms with van der Waals surface area (Å²) in [5, 5.41) is 0. The Labute approximate surface area is 121 Å². The molecule has 1 fully saturated rings. The van der Waals surface area contributed by atoms with Crippen molar-refractivity contribution in [2.24, 2.45) is 0 Å². The molecule has 1 aliphatic rings. The lowest BCUT2D eigenvalue weighted by Crippen LogP contribution is -2.43. The summed E-state index contributed by atoms with van der Waals surface area (Å²) < 4.78 is 33.4. The van der Waals surface area contributed by atoms with Gasteiger partial charge in [-0.1, -0.05) is 30.3 Å². The van der Waals surface area contributed by atoms with Gasteiger partial charge in [0.25, 0.3) is 10.2 Å². The van der Waals surface area contributed by atoms with Gasteiger partial charge in [0, 0.05) is 33.3 Å². The van der Waals surface area contributed by atoms with Gasteiger partial charge in [0.05, 0.1) is 6.61 Å². The highest BCUT2D eigenvalue weighted by Gasteiger charge is 2.31. The standard InChI is InChI=1S/C14H22N2O3S/c1-19-12-11-16(13-14-7-3-2-4-8-14)20(17,18)15-9-5-6-10-15/h2-4,7-8H,5-6,9-13H2,1H3. The fourth-order valence-corrected chi connectivity index (χ4v) is 4.00. The van der Waals surface area contributed by atoms with Crippen LogP contribution in [0.5, 0.6) is 0 Å². The zero-order valence-electron chi connectivity index (χ0n) is 11.9. The second kappa shape index (κ2) is 7.17. The van der Waals surface area contributed by atoms with Gasteiger partial charge in [0.1, 0.15) is 0 Å². The molecule has 0 atom stereocenters. The maximum absolute atomic E-state index is 12.6. The van der Waals surface area contributed by atoms with Crippen LogP contribution in [-0.2, 0) is 21.5 Å². The Morgan fingerprint density at radius 2 is 1.85 bits per heavy atom. The van der Waals surface area contributed by atoms with Crippen LogP contribution in [0.15, 0.2) is 30.3 Å². The monoisotopic (exact) mass is 298 g/mol. The molecule has 0 aliphatic carbocycles. The Morgan fingerprint density at radius 1 is 1.20 bits per heavy atom. The number of benzene rings is 1. The van der Waals surface area contributed by atoms with E-state index in [1.807, 2.05) is 30.3 Å². The van der Waals surface area contributed by atoms with Crippen LogP contribution in [0.4, 0.5) is 0 Å². The van der Waals surface area contributed by atoms with E-state index in [-0.39, 0.29) is 0 Å². The highest BCUT2D eigenvalue weighted by molar-refractivity contribution is 7.86. The molecule has 1 aromatic carbocycles. The molecule has 0 spiro atoms. The lowest BCUT2D eigenvalue weighted by atomic mass is 10.2. The van der Waals surface area contributed by atoms with Crippen molar-refractivity contribution in [1.82, 2.24) is 8.61 Å². The van der Waals surface area contributed by atoms with Gasteiger partial charge in [-0.15, -0.1) is 0 Å². The van der Waals surface area contributed by atoms with Crippen LogP contribution >= 0.6 is 0 Å². The molecule has 1 saturated heterocycles. The van der Waals surface area contributed by atoms with Gasteiger partial charge in [-0.3, -0.25) is 0 Å². The van der Waals surface area contributed by atoms with E-state index in [1.165, 1.54) is 4.31 Å². The van der Waals surface area contributed by atoms with E-state index in [0.717, 1.165) is 18.4 Å². The van der Waals surface area contributed by atoms with Crippen molar-refractivity contribution in [2.45, 2.75) is 19.4 Å². The summed E-state index contributed by atoms with van der Waals surface area (Å²) in [6.07, 6.45) is 1.89. The number of rotatable bonds is 7. The molecule has 5 nitrogen and oxygen atoms in total. The second-order valence-corrected chi connectivity index (χ2v) is 6.85. The fraction of sp³-hybridized carbons (Fsp3) is 0.571. The molecule has 2 rings (SSSR count). The molecule has 6 heteroatoms.